The Bertz CT molecular complexity index is 741. The number of nitrogens with zero attached hydrogens (tertiary/aromatic N) is 1. The van der Waals surface area contributed by atoms with Crippen molar-refractivity contribution in [2.24, 2.45) is 0 Å². The van der Waals surface area contributed by atoms with Crippen LogP contribution in [0.5, 0.6) is 0 Å². The highest BCUT2D eigenvalue weighted by atomic mass is 35.5. The van der Waals surface area contributed by atoms with E-state index in [9.17, 15) is 4.39 Å². The van der Waals surface area contributed by atoms with E-state index >= 15 is 0 Å². The number of aromatic nitrogens is 1. The second kappa shape index (κ2) is 7.54. The Kier molecular flexibility index (Phi) is 5.71. The molecule has 116 valence electrons. The van der Waals surface area contributed by atoms with Gasteiger partial charge in [0, 0.05) is 34.5 Å². The van der Waals surface area contributed by atoms with Crippen molar-refractivity contribution in [2.75, 3.05) is 0 Å². The molecular formula is C16H16ClFN2OS. The molecule has 22 heavy (non-hydrogen) atoms. The molecule has 0 spiro atoms. The summed E-state index contributed by atoms with van der Waals surface area (Å²) < 4.78 is 18.7. The van der Waals surface area contributed by atoms with Crippen LogP contribution in [0.1, 0.15) is 16.3 Å². The Morgan fingerprint density at radius 3 is 2.73 bits per heavy atom. The minimum Gasteiger partial charge on any atom is -0.361 e. The van der Waals surface area contributed by atoms with Crippen LogP contribution in [0.3, 0.4) is 0 Å². The Balaban J connectivity index is 0.00000176. The monoisotopic (exact) mass is 338 g/mol. The van der Waals surface area contributed by atoms with E-state index in [0.717, 1.165) is 27.8 Å². The molecule has 0 aliphatic carbocycles. The summed E-state index contributed by atoms with van der Waals surface area (Å²) in [6.45, 7) is 3.26. The van der Waals surface area contributed by atoms with E-state index < -0.39 is 0 Å². The first-order valence-corrected chi connectivity index (χ1v) is 7.50. The molecule has 1 aromatic carbocycles. The summed E-state index contributed by atoms with van der Waals surface area (Å²) in [4.78, 5) is 2.11. The Morgan fingerprint density at radius 1 is 1.18 bits per heavy atom. The summed E-state index contributed by atoms with van der Waals surface area (Å²) in [5.41, 5.74) is 1.54. The van der Waals surface area contributed by atoms with Crippen LogP contribution in [-0.4, -0.2) is 5.16 Å². The van der Waals surface area contributed by atoms with E-state index in [-0.39, 0.29) is 18.2 Å². The quantitative estimate of drug-likeness (QED) is 0.741. The maximum Gasteiger partial charge on any atom is 0.133 e. The van der Waals surface area contributed by atoms with E-state index in [2.05, 4.69) is 10.5 Å². The van der Waals surface area contributed by atoms with Crippen molar-refractivity contribution in [1.82, 2.24) is 10.5 Å². The van der Waals surface area contributed by atoms with Crippen LogP contribution in [0.2, 0.25) is 0 Å². The van der Waals surface area contributed by atoms with E-state index in [1.165, 1.54) is 6.07 Å². The highest BCUT2D eigenvalue weighted by Gasteiger charge is 2.07. The summed E-state index contributed by atoms with van der Waals surface area (Å²) in [6.07, 6.45) is 0. The van der Waals surface area contributed by atoms with Crippen LogP contribution in [0, 0.1) is 12.7 Å². The molecule has 0 saturated carbocycles. The van der Waals surface area contributed by atoms with Crippen molar-refractivity contribution in [3.8, 4) is 10.4 Å². The van der Waals surface area contributed by atoms with Gasteiger partial charge in [0.15, 0.2) is 0 Å². The standard InChI is InChI=1S/C16H15FN2OS.ClH/c1-11-8-12(19-20-11)9-18-10-13-6-7-16(21-13)14-4-2-3-5-15(14)17;/h2-8,18H,9-10H2,1H3;1H. The molecule has 2 heterocycles. The largest absolute Gasteiger partial charge is 0.361 e. The van der Waals surface area contributed by atoms with Crippen molar-refractivity contribution in [1.29, 1.82) is 0 Å². The zero-order valence-electron chi connectivity index (χ0n) is 12.0. The van der Waals surface area contributed by atoms with Crippen molar-refractivity contribution >= 4 is 23.7 Å². The molecule has 2 aromatic heterocycles. The number of nitrogens with one attached hydrogen (secondary N) is 1. The number of halogens is 2. The van der Waals surface area contributed by atoms with Gasteiger partial charge in [0.05, 0.1) is 5.69 Å². The first-order chi connectivity index (χ1) is 10.2. The molecule has 0 aliphatic rings. The SMILES string of the molecule is Cc1cc(CNCc2ccc(-c3ccccc3F)s2)no1.Cl. The van der Waals surface area contributed by atoms with E-state index in [1.807, 2.05) is 31.2 Å². The summed E-state index contributed by atoms with van der Waals surface area (Å²) in [7, 11) is 0. The number of thiophene rings is 1. The van der Waals surface area contributed by atoms with Gasteiger partial charge in [0.2, 0.25) is 0 Å². The third kappa shape index (κ3) is 3.94. The molecule has 1 N–H and O–H groups in total. The molecule has 0 saturated heterocycles. The van der Waals surface area contributed by atoms with Crippen molar-refractivity contribution in [3.05, 3.63) is 64.6 Å². The fourth-order valence-corrected chi connectivity index (χ4v) is 3.10. The summed E-state index contributed by atoms with van der Waals surface area (Å²) >= 11 is 1.59. The number of benzene rings is 1. The smallest absolute Gasteiger partial charge is 0.133 e. The van der Waals surface area contributed by atoms with E-state index in [4.69, 9.17) is 4.52 Å². The van der Waals surface area contributed by atoms with Gasteiger partial charge >= 0.3 is 0 Å². The molecule has 0 bridgehead atoms. The van der Waals surface area contributed by atoms with E-state index in [0.29, 0.717) is 12.1 Å². The Morgan fingerprint density at radius 2 is 2.00 bits per heavy atom. The van der Waals surface area contributed by atoms with Gasteiger partial charge in [0.1, 0.15) is 11.6 Å². The van der Waals surface area contributed by atoms with Gasteiger partial charge in [-0.25, -0.2) is 4.39 Å². The maximum atomic E-state index is 13.7. The lowest BCUT2D eigenvalue weighted by atomic mass is 10.2. The van der Waals surface area contributed by atoms with Gasteiger partial charge in [-0.15, -0.1) is 23.7 Å². The summed E-state index contributed by atoms with van der Waals surface area (Å²) in [6, 6.07) is 12.7. The maximum absolute atomic E-state index is 13.7. The molecule has 0 fully saturated rings. The van der Waals surface area contributed by atoms with Crippen LogP contribution in [0.15, 0.2) is 47.0 Å². The van der Waals surface area contributed by atoms with Crippen LogP contribution in [0.4, 0.5) is 4.39 Å². The van der Waals surface area contributed by atoms with Crippen molar-refractivity contribution < 1.29 is 8.91 Å². The third-order valence-corrected chi connectivity index (χ3v) is 4.20. The first-order valence-electron chi connectivity index (χ1n) is 6.69. The minimum absolute atomic E-state index is 0. The average Bonchev–Trinajstić information content (AvgIpc) is 3.09. The highest BCUT2D eigenvalue weighted by molar-refractivity contribution is 7.15. The average molecular weight is 339 g/mol. The minimum atomic E-state index is -0.183. The van der Waals surface area contributed by atoms with Gasteiger partial charge < -0.3 is 9.84 Å². The molecule has 0 atom stereocenters. The topological polar surface area (TPSA) is 38.1 Å². The predicted octanol–water partition coefficient (Wildman–Crippen LogP) is 4.56. The number of hydrogen-bond donors (Lipinski definition) is 1. The number of aryl methyl sites for hydroxylation is 1. The van der Waals surface area contributed by atoms with Crippen LogP contribution >= 0.6 is 23.7 Å². The molecule has 3 aromatic rings. The molecule has 3 nitrogen and oxygen atoms in total. The molecule has 0 aliphatic heterocycles. The number of hydrogen-bond acceptors (Lipinski definition) is 4. The molecule has 3 rings (SSSR count). The summed E-state index contributed by atoms with van der Waals surface area (Å²) in [5, 5.41) is 7.23. The zero-order chi connectivity index (χ0) is 14.7. The second-order valence-corrected chi connectivity index (χ2v) is 5.95. The lowest BCUT2D eigenvalue weighted by Gasteiger charge is -2.00. The molecule has 0 unspecified atom stereocenters. The zero-order valence-corrected chi connectivity index (χ0v) is 13.6. The van der Waals surface area contributed by atoms with Gasteiger partial charge in [-0.3, -0.25) is 0 Å². The normalized spacial score (nSPS) is 10.5. The fourth-order valence-electron chi connectivity index (χ4n) is 2.09. The van der Waals surface area contributed by atoms with Crippen molar-refractivity contribution in [2.45, 2.75) is 20.0 Å². The molecule has 6 heteroatoms. The molecule has 0 radical (unpaired) electrons. The van der Waals surface area contributed by atoms with Gasteiger partial charge in [-0.1, -0.05) is 23.4 Å². The van der Waals surface area contributed by atoms with Crippen LogP contribution in [0.25, 0.3) is 10.4 Å². The van der Waals surface area contributed by atoms with Crippen LogP contribution < -0.4 is 5.32 Å². The van der Waals surface area contributed by atoms with Gasteiger partial charge in [-0.2, -0.15) is 0 Å². The Hall–Kier alpha value is -1.69. The summed E-state index contributed by atoms with van der Waals surface area (Å²) in [5.74, 6) is 0.627. The number of rotatable bonds is 5. The van der Waals surface area contributed by atoms with Crippen LogP contribution in [-0.2, 0) is 13.1 Å². The van der Waals surface area contributed by atoms with E-state index in [1.54, 1.807) is 23.5 Å². The lowest BCUT2D eigenvalue weighted by Crippen LogP contribution is -2.11. The molecular weight excluding hydrogens is 323 g/mol. The lowest BCUT2D eigenvalue weighted by molar-refractivity contribution is 0.388. The third-order valence-electron chi connectivity index (χ3n) is 3.08. The fraction of sp³-hybridized carbons (Fsp3) is 0.188. The highest BCUT2D eigenvalue weighted by Crippen LogP contribution is 2.29. The van der Waals surface area contributed by atoms with Gasteiger partial charge in [-0.05, 0) is 25.1 Å². The van der Waals surface area contributed by atoms with Gasteiger partial charge in [0.25, 0.3) is 0 Å². The Labute approximate surface area is 138 Å². The first kappa shape index (κ1) is 16.7. The second-order valence-electron chi connectivity index (χ2n) is 4.78. The predicted molar refractivity (Wildman–Crippen MR) is 88.7 cm³/mol. The van der Waals surface area contributed by atoms with Crippen molar-refractivity contribution in [3.63, 3.8) is 0 Å². The molecule has 0 amide bonds.